The maximum atomic E-state index is 5.16. The van der Waals surface area contributed by atoms with Crippen LogP contribution in [0.5, 0.6) is 0 Å². The van der Waals surface area contributed by atoms with Crippen molar-refractivity contribution >= 4 is 0 Å². The van der Waals surface area contributed by atoms with Crippen LogP contribution in [0.15, 0.2) is 12.5 Å². The average Bonchev–Trinajstić information content (AvgIpc) is 1.80. The van der Waals surface area contributed by atoms with Crippen molar-refractivity contribution in [2.24, 2.45) is 5.73 Å². The van der Waals surface area contributed by atoms with E-state index in [1.165, 1.54) is 12.8 Å². The zero-order chi connectivity index (χ0) is 7.11. The minimum atomic E-state index is 0.325. The van der Waals surface area contributed by atoms with Crippen molar-refractivity contribution in [3.05, 3.63) is 12.5 Å². The highest BCUT2D eigenvalue weighted by Gasteiger charge is 1.85. The van der Waals surface area contributed by atoms with E-state index in [2.05, 4.69) is 13.5 Å². The molecule has 2 heteroatoms. The monoisotopic (exact) mass is 129 g/mol. The van der Waals surface area contributed by atoms with E-state index in [1.54, 1.807) is 0 Å². The second kappa shape index (κ2) is 5.48. The molecule has 0 aliphatic rings. The van der Waals surface area contributed by atoms with Gasteiger partial charge in [-0.2, -0.15) is 0 Å². The molecule has 0 fully saturated rings. The number of nitrogens with two attached hydrogens (primary N) is 1. The lowest BCUT2D eigenvalue weighted by atomic mass is 10.3. The molecule has 54 valence electrons. The molecule has 0 aliphatic carbocycles. The maximum Gasteiger partial charge on any atom is 0.176 e. The van der Waals surface area contributed by atoms with Crippen molar-refractivity contribution in [1.82, 2.24) is 0 Å². The van der Waals surface area contributed by atoms with Gasteiger partial charge in [0.2, 0.25) is 0 Å². The summed E-state index contributed by atoms with van der Waals surface area (Å²) in [5.41, 5.74) is 5.16. The van der Waals surface area contributed by atoms with E-state index in [0.717, 1.165) is 6.42 Å². The van der Waals surface area contributed by atoms with E-state index in [9.17, 15) is 0 Å². The van der Waals surface area contributed by atoms with Gasteiger partial charge >= 0.3 is 0 Å². The molecule has 0 aromatic heterocycles. The summed E-state index contributed by atoms with van der Waals surface area (Å²) in [5, 5.41) is 0. The lowest BCUT2D eigenvalue weighted by Crippen LogP contribution is -2.01. The van der Waals surface area contributed by atoms with Crippen molar-refractivity contribution in [3.63, 3.8) is 0 Å². The fraction of sp³-hybridized carbons (Fsp3) is 0.714. The third kappa shape index (κ3) is 7.34. The molecule has 0 atom stereocenters. The van der Waals surface area contributed by atoms with E-state index in [-0.39, 0.29) is 0 Å². The van der Waals surface area contributed by atoms with Crippen LogP contribution in [-0.4, -0.2) is 6.61 Å². The van der Waals surface area contributed by atoms with Crippen molar-refractivity contribution in [2.75, 3.05) is 6.61 Å². The second-order valence-corrected chi connectivity index (χ2v) is 2.02. The Bertz CT molecular complexity index is 81.0. The van der Waals surface area contributed by atoms with Gasteiger partial charge in [0.05, 0.1) is 6.61 Å². The van der Waals surface area contributed by atoms with Gasteiger partial charge in [-0.25, -0.2) is 0 Å². The molecule has 0 rings (SSSR count). The molecule has 0 aromatic rings. The Labute approximate surface area is 56.7 Å². The van der Waals surface area contributed by atoms with Crippen molar-refractivity contribution in [3.8, 4) is 0 Å². The molecule has 0 saturated heterocycles. The largest absolute Gasteiger partial charge is 0.480 e. The van der Waals surface area contributed by atoms with Gasteiger partial charge < -0.3 is 10.5 Å². The standard InChI is InChI=1S/C7H15NO/c1-3-4-5-6-9-7(2)8/h2-6,8H2,1H3. The molecular weight excluding hydrogens is 114 g/mol. The van der Waals surface area contributed by atoms with Gasteiger partial charge in [0.15, 0.2) is 5.88 Å². The third-order valence-electron chi connectivity index (χ3n) is 1.04. The van der Waals surface area contributed by atoms with Crippen molar-refractivity contribution in [2.45, 2.75) is 26.2 Å². The highest BCUT2D eigenvalue weighted by atomic mass is 16.5. The topological polar surface area (TPSA) is 35.2 Å². The first-order valence-electron chi connectivity index (χ1n) is 3.34. The molecule has 2 nitrogen and oxygen atoms in total. The summed E-state index contributed by atoms with van der Waals surface area (Å²) >= 11 is 0. The molecule has 0 radical (unpaired) electrons. The fourth-order valence-electron chi connectivity index (χ4n) is 0.555. The van der Waals surface area contributed by atoms with Crippen LogP contribution in [0.25, 0.3) is 0 Å². The first-order chi connectivity index (χ1) is 4.27. The summed E-state index contributed by atoms with van der Waals surface area (Å²) in [6.45, 7) is 6.27. The molecule has 0 aliphatic heterocycles. The Morgan fingerprint density at radius 3 is 2.67 bits per heavy atom. The Kier molecular flexibility index (Phi) is 5.07. The second-order valence-electron chi connectivity index (χ2n) is 2.02. The average molecular weight is 129 g/mol. The summed E-state index contributed by atoms with van der Waals surface area (Å²) in [6.07, 6.45) is 3.49. The zero-order valence-electron chi connectivity index (χ0n) is 6.02. The Morgan fingerprint density at radius 1 is 1.56 bits per heavy atom. The molecular formula is C7H15NO. The summed E-state index contributed by atoms with van der Waals surface area (Å²) < 4.78 is 4.93. The normalized spacial score (nSPS) is 9.00. The van der Waals surface area contributed by atoms with Crippen LogP contribution in [0.4, 0.5) is 0 Å². The number of hydrogen-bond donors (Lipinski definition) is 1. The minimum Gasteiger partial charge on any atom is -0.480 e. The SMILES string of the molecule is C=C(N)OCCCCC. The summed E-state index contributed by atoms with van der Waals surface area (Å²) in [5.74, 6) is 0.325. The Balaban J connectivity index is 2.83. The molecule has 0 bridgehead atoms. The van der Waals surface area contributed by atoms with Gasteiger partial charge in [-0.3, -0.25) is 0 Å². The molecule has 9 heavy (non-hydrogen) atoms. The molecule has 0 unspecified atom stereocenters. The van der Waals surface area contributed by atoms with Crippen LogP contribution < -0.4 is 5.73 Å². The highest BCUT2D eigenvalue weighted by Crippen LogP contribution is 1.94. The van der Waals surface area contributed by atoms with E-state index in [0.29, 0.717) is 12.5 Å². The fourth-order valence-corrected chi connectivity index (χ4v) is 0.555. The van der Waals surface area contributed by atoms with Gasteiger partial charge in [-0.05, 0) is 13.0 Å². The lowest BCUT2D eigenvalue weighted by Gasteiger charge is -2.01. The number of unbranched alkanes of at least 4 members (excludes halogenated alkanes) is 2. The van der Waals surface area contributed by atoms with Gasteiger partial charge in [0.25, 0.3) is 0 Å². The summed E-state index contributed by atoms with van der Waals surface area (Å²) in [4.78, 5) is 0. The van der Waals surface area contributed by atoms with Crippen LogP contribution in [0.2, 0.25) is 0 Å². The van der Waals surface area contributed by atoms with Crippen LogP contribution in [0, 0.1) is 0 Å². The molecule has 2 N–H and O–H groups in total. The van der Waals surface area contributed by atoms with Crippen LogP contribution >= 0.6 is 0 Å². The quantitative estimate of drug-likeness (QED) is 0.452. The van der Waals surface area contributed by atoms with Gasteiger partial charge in [-0.1, -0.05) is 19.8 Å². The molecule has 0 aromatic carbocycles. The Hall–Kier alpha value is -0.660. The van der Waals surface area contributed by atoms with E-state index in [4.69, 9.17) is 10.5 Å². The number of ether oxygens (including phenoxy) is 1. The van der Waals surface area contributed by atoms with Crippen molar-refractivity contribution in [1.29, 1.82) is 0 Å². The van der Waals surface area contributed by atoms with Gasteiger partial charge in [-0.15, -0.1) is 0 Å². The predicted octanol–water partition coefficient (Wildman–Crippen LogP) is 1.62. The van der Waals surface area contributed by atoms with Gasteiger partial charge in [0.1, 0.15) is 0 Å². The number of hydrogen-bond acceptors (Lipinski definition) is 2. The van der Waals surface area contributed by atoms with E-state index >= 15 is 0 Å². The third-order valence-corrected chi connectivity index (χ3v) is 1.04. The van der Waals surface area contributed by atoms with Gasteiger partial charge in [0, 0.05) is 0 Å². The van der Waals surface area contributed by atoms with Crippen LogP contribution in [0.1, 0.15) is 26.2 Å². The molecule has 0 heterocycles. The van der Waals surface area contributed by atoms with E-state index < -0.39 is 0 Å². The molecule has 0 amide bonds. The summed E-state index contributed by atoms with van der Waals surface area (Å²) in [6, 6.07) is 0. The first kappa shape index (κ1) is 8.34. The predicted molar refractivity (Wildman–Crippen MR) is 38.8 cm³/mol. The minimum absolute atomic E-state index is 0.325. The van der Waals surface area contributed by atoms with E-state index in [1.807, 2.05) is 0 Å². The Morgan fingerprint density at radius 2 is 2.22 bits per heavy atom. The number of rotatable bonds is 5. The van der Waals surface area contributed by atoms with Crippen molar-refractivity contribution < 1.29 is 4.74 Å². The molecule has 0 saturated carbocycles. The summed E-state index contributed by atoms with van der Waals surface area (Å²) in [7, 11) is 0. The van der Waals surface area contributed by atoms with Crippen LogP contribution in [-0.2, 0) is 4.74 Å². The van der Waals surface area contributed by atoms with Crippen LogP contribution in [0.3, 0.4) is 0 Å². The highest BCUT2D eigenvalue weighted by molar-refractivity contribution is 4.70. The smallest absolute Gasteiger partial charge is 0.176 e. The molecule has 0 spiro atoms. The first-order valence-corrected chi connectivity index (χ1v) is 3.34. The zero-order valence-corrected chi connectivity index (χ0v) is 6.02. The lowest BCUT2D eigenvalue weighted by molar-refractivity contribution is 0.204. The maximum absolute atomic E-state index is 5.16.